The monoisotopic (exact) mass is 442 g/mol. The lowest BCUT2D eigenvalue weighted by Gasteiger charge is -2.34. The molecule has 2 fully saturated rings. The van der Waals surface area contributed by atoms with Gasteiger partial charge in [0, 0.05) is 57.1 Å². The smallest absolute Gasteiger partial charge is 0.267 e. The van der Waals surface area contributed by atoms with Gasteiger partial charge in [-0.25, -0.2) is 9.67 Å². The summed E-state index contributed by atoms with van der Waals surface area (Å²) >= 11 is 0. The number of H-pyrrole nitrogens is 1. The van der Waals surface area contributed by atoms with E-state index in [4.69, 9.17) is 5.26 Å². The average molecular weight is 443 g/mol. The molecule has 1 saturated heterocycles. The Morgan fingerprint density at radius 2 is 1.85 bits per heavy atom. The van der Waals surface area contributed by atoms with Gasteiger partial charge in [0.1, 0.15) is 0 Å². The summed E-state index contributed by atoms with van der Waals surface area (Å²) < 4.78 is 1.58. The largest absolute Gasteiger partial charge is 0.336 e. The van der Waals surface area contributed by atoms with Crippen LogP contribution in [-0.4, -0.2) is 63.2 Å². The molecule has 0 spiro atoms. The zero-order valence-corrected chi connectivity index (χ0v) is 18.4. The number of hydrogen-bond donors (Lipinski definition) is 1. The number of carbonyl (C=O) groups excluding carboxylic acids is 1. The fourth-order valence-electron chi connectivity index (χ4n) is 4.23. The maximum atomic E-state index is 12.9. The molecule has 168 valence electrons. The van der Waals surface area contributed by atoms with E-state index in [0.29, 0.717) is 28.9 Å². The molecule has 8 nitrogen and oxygen atoms in total. The third kappa shape index (κ3) is 4.89. The first kappa shape index (κ1) is 21.2. The number of nitrogens with zero attached hydrogens (tertiary/aromatic N) is 5. The van der Waals surface area contributed by atoms with Gasteiger partial charge in [0.05, 0.1) is 17.2 Å². The van der Waals surface area contributed by atoms with E-state index in [9.17, 15) is 9.59 Å². The van der Waals surface area contributed by atoms with Gasteiger partial charge in [0.25, 0.3) is 11.5 Å². The van der Waals surface area contributed by atoms with Crippen LogP contribution in [0.3, 0.4) is 0 Å². The van der Waals surface area contributed by atoms with E-state index < -0.39 is 0 Å². The fourth-order valence-corrected chi connectivity index (χ4v) is 4.23. The summed E-state index contributed by atoms with van der Waals surface area (Å²) in [5.41, 5.74) is 2.50. The van der Waals surface area contributed by atoms with Crippen molar-refractivity contribution >= 4 is 5.91 Å². The molecule has 0 atom stereocenters. The van der Waals surface area contributed by atoms with Crippen LogP contribution in [0, 0.1) is 17.2 Å². The molecule has 0 unspecified atom stereocenters. The molecule has 0 radical (unpaired) electrons. The van der Waals surface area contributed by atoms with E-state index in [2.05, 4.69) is 21.1 Å². The predicted molar refractivity (Wildman–Crippen MR) is 123 cm³/mol. The molecular weight excluding hydrogens is 416 g/mol. The minimum Gasteiger partial charge on any atom is -0.336 e. The van der Waals surface area contributed by atoms with Gasteiger partial charge in [-0.1, -0.05) is 12.1 Å². The van der Waals surface area contributed by atoms with E-state index in [1.165, 1.54) is 19.4 Å². The van der Waals surface area contributed by atoms with E-state index >= 15 is 0 Å². The zero-order valence-electron chi connectivity index (χ0n) is 18.4. The third-order valence-corrected chi connectivity index (χ3v) is 6.39. The number of nitriles is 1. The Labute approximate surface area is 192 Å². The number of carbonyl (C=O) groups is 1. The summed E-state index contributed by atoms with van der Waals surface area (Å²) in [5.74, 6) is 1.42. The standard InChI is InChI=1S/C25H26N6O2/c26-14-19-3-1-18(2-4-19)13-22-17-31(28-24(22)32)23-8-7-21(15-27-23)25(33)30-11-9-29(10-12-30)16-20-5-6-20/h1-4,7-8,15,17,20H,5-6,9-13,16H2,(H,28,32). The Morgan fingerprint density at radius 1 is 1.09 bits per heavy atom. The van der Waals surface area contributed by atoms with Crippen molar-refractivity contribution in [3.05, 3.63) is 81.4 Å². The summed E-state index contributed by atoms with van der Waals surface area (Å²) in [4.78, 5) is 34.0. The number of aromatic amines is 1. The quantitative estimate of drug-likeness (QED) is 0.631. The fraction of sp³-hybridized carbons (Fsp3) is 0.360. The number of rotatable bonds is 6. The van der Waals surface area contributed by atoms with Crippen LogP contribution in [-0.2, 0) is 6.42 Å². The number of aromatic nitrogens is 3. The third-order valence-electron chi connectivity index (χ3n) is 6.39. The van der Waals surface area contributed by atoms with Crippen molar-refractivity contribution in [1.82, 2.24) is 24.6 Å². The van der Waals surface area contributed by atoms with E-state index in [1.807, 2.05) is 17.0 Å². The number of hydrogen-bond acceptors (Lipinski definition) is 5. The molecule has 1 N–H and O–H groups in total. The molecule has 1 aliphatic heterocycles. The second-order valence-corrected chi connectivity index (χ2v) is 8.89. The van der Waals surface area contributed by atoms with E-state index in [-0.39, 0.29) is 11.5 Å². The Balaban J connectivity index is 1.23. The van der Waals surface area contributed by atoms with Crippen molar-refractivity contribution < 1.29 is 4.79 Å². The van der Waals surface area contributed by atoms with Crippen molar-refractivity contribution in [2.24, 2.45) is 5.92 Å². The molecule has 3 aromatic rings. The number of piperazine rings is 1. The van der Waals surface area contributed by atoms with Crippen molar-refractivity contribution in [2.45, 2.75) is 19.3 Å². The van der Waals surface area contributed by atoms with E-state index in [1.54, 1.807) is 41.3 Å². The molecule has 33 heavy (non-hydrogen) atoms. The van der Waals surface area contributed by atoms with Crippen LogP contribution in [0.4, 0.5) is 0 Å². The minimum atomic E-state index is -0.189. The van der Waals surface area contributed by atoms with Crippen molar-refractivity contribution in [2.75, 3.05) is 32.7 Å². The van der Waals surface area contributed by atoms with Crippen molar-refractivity contribution in [3.8, 4) is 11.9 Å². The number of benzene rings is 1. The summed E-state index contributed by atoms with van der Waals surface area (Å²) in [6.07, 6.45) is 6.45. The summed E-state index contributed by atoms with van der Waals surface area (Å²) in [6.45, 7) is 4.52. The maximum absolute atomic E-state index is 12.9. The summed E-state index contributed by atoms with van der Waals surface area (Å²) in [7, 11) is 0. The van der Waals surface area contributed by atoms with Crippen molar-refractivity contribution in [3.63, 3.8) is 0 Å². The molecule has 2 aromatic heterocycles. The topological polar surface area (TPSA) is 98.0 Å². The molecule has 2 aliphatic rings. The Hall–Kier alpha value is -3.70. The molecule has 8 heteroatoms. The Morgan fingerprint density at radius 3 is 2.48 bits per heavy atom. The number of nitrogens with one attached hydrogen (secondary N) is 1. The lowest BCUT2D eigenvalue weighted by molar-refractivity contribution is 0.0631. The average Bonchev–Trinajstić information content (AvgIpc) is 3.60. The first-order chi connectivity index (χ1) is 16.1. The summed E-state index contributed by atoms with van der Waals surface area (Å²) in [6, 6.07) is 12.8. The molecule has 3 heterocycles. The van der Waals surface area contributed by atoms with Crippen LogP contribution in [0.1, 0.15) is 39.9 Å². The zero-order chi connectivity index (χ0) is 22.8. The first-order valence-electron chi connectivity index (χ1n) is 11.4. The van der Waals surface area contributed by atoms with Crippen LogP contribution >= 0.6 is 0 Å². The van der Waals surface area contributed by atoms with Crippen LogP contribution in [0.5, 0.6) is 0 Å². The number of pyridine rings is 1. The lowest BCUT2D eigenvalue weighted by Crippen LogP contribution is -2.49. The highest BCUT2D eigenvalue weighted by Gasteiger charge is 2.28. The number of amides is 1. The van der Waals surface area contributed by atoms with Crippen LogP contribution in [0.25, 0.3) is 5.82 Å². The Bertz CT molecular complexity index is 1220. The van der Waals surface area contributed by atoms with Gasteiger partial charge in [-0.15, -0.1) is 0 Å². The Kier molecular flexibility index (Phi) is 5.80. The normalized spacial score (nSPS) is 16.5. The first-order valence-corrected chi connectivity index (χ1v) is 11.4. The highest BCUT2D eigenvalue weighted by Crippen LogP contribution is 2.30. The SMILES string of the molecule is N#Cc1ccc(Cc2cn(-c3ccc(C(=O)N4CCN(CC5CC5)CC4)cn3)[nH]c2=O)cc1. The molecule has 1 amide bonds. The molecule has 1 aliphatic carbocycles. The molecule has 1 saturated carbocycles. The van der Waals surface area contributed by atoms with Gasteiger partial charge >= 0.3 is 0 Å². The minimum absolute atomic E-state index is 0.00243. The van der Waals surface area contributed by atoms with Crippen LogP contribution in [0.2, 0.25) is 0 Å². The van der Waals surface area contributed by atoms with Gasteiger partial charge in [0.2, 0.25) is 0 Å². The predicted octanol–water partition coefficient (Wildman–Crippen LogP) is 2.19. The second-order valence-electron chi connectivity index (χ2n) is 8.89. The van der Waals surface area contributed by atoms with Gasteiger partial charge in [0.15, 0.2) is 5.82 Å². The van der Waals surface area contributed by atoms with Crippen molar-refractivity contribution in [1.29, 1.82) is 5.26 Å². The molecular formula is C25H26N6O2. The molecule has 1 aromatic carbocycles. The van der Waals surface area contributed by atoms with Gasteiger partial charge < -0.3 is 4.90 Å². The maximum Gasteiger partial charge on any atom is 0.267 e. The van der Waals surface area contributed by atoms with E-state index in [0.717, 1.165) is 37.7 Å². The van der Waals surface area contributed by atoms with Gasteiger partial charge in [-0.05, 0) is 48.6 Å². The van der Waals surface area contributed by atoms with Crippen LogP contribution < -0.4 is 5.56 Å². The lowest BCUT2D eigenvalue weighted by atomic mass is 10.1. The van der Waals surface area contributed by atoms with Crippen LogP contribution in [0.15, 0.2) is 53.6 Å². The molecule has 5 rings (SSSR count). The highest BCUT2D eigenvalue weighted by molar-refractivity contribution is 5.94. The molecule has 0 bridgehead atoms. The van der Waals surface area contributed by atoms with Gasteiger partial charge in [-0.2, -0.15) is 5.26 Å². The highest BCUT2D eigenvalue weighted by atomic mass is 16.2. The second kappa shape index (κ2) is 9.04. The van der Waals surface area contributed by atoms with Gasteiger partial charge in [-0.3, -0.25) is 19.6 Å². The summed E-state index contributed by atoms with van der Waals surface area (Å²) in [5, 5.41) is 11.7.